The molecule has 4 nitrogen and oxygen atoms in total. The van der Waals surface area contributed by atoms with Gasteiger partial charge in [-0.1, -0.05) is 6.92 Å². The number of aromatic nitrogens is 1. The van der Waals surface area contributed by atoms with Crippen LogP contribution in [-0.2, 0) is 13.6 Å². The van der Waals surface area contributed by atoms with Crippen molar-refractivity contribution in [2.24, 2.45) is 12.0 Å². The number of hydrogen-bond acceptors (Lipinski definition) is 2. The Labute approximate surface area is 128 Å². The number of nitrogens with zero attached hydrogens (tertiary/aromatic N) is 3. The second kappa shape index (κ2) is 7.85. The van der Waals surface area contributed by atoms with Gasteiger partial charge in [-0.3, -0.25) is 4.99 Å². The van der Waals surface area contributed by atoms with Crippen LogP contribution in [0.15, 0.2) is 21.7 Å². The van der Waals surface area contributed by atoms with Gasteiger partial charge in [0.05, 0.1) is 6.54 Å². The van der Waals surface area contributed by atoms with Crippen LogP contribution in [0.4, 0.5) is 0 Å². The van der Waals surface area contributed by atoms with Gasteiger partial charge in [0.2, 0.25) is 0 Å². The summed E-state index contributed by atoms with van der Waals surface area (Å²) in [6, 6.07) is 2.13. The molecule has 1 rings (SSSR count). The predicted molar refractivity (Wildman–Crippen MR) is 88.9 cm³/mol. The average Bonchev–Trinajstić information content (AvgIpc) is 2.68. The van der Waals surface area contributed by atoms with Crippen LogP contribution >= 0.6 is 27.7 Å². The third-order valence-electron chi connectivity index (χ3n) is 3.00. The SMILES string of the molecule is CN=C(NCC(C)SC)N(C)Cc1cc(Br)cn1C. The average molecular weight is 347 g/mol. The zero-order valence-electron chi connectivity index (χ0n) is 12.3. The molecule has 108 valence electrons. The molecule has 1 heterocycles. The third kappa shape index (κ3) is 5.10. The Bertz CT molecular complexity index is 430. The van der Waals surface area contributed by atoms with E-state index < -0.39 is 0 Å². The molecule has 19 heavy (non-hydrogen) atoms. The van der Waals surface area contributed by atoms with Crippen molar-refractivity contribution in [3.05, 3.63) is 22.4 Å². The summed E-state index contributed by atoms with van der Waals surface area (Å²) in [7, 11) is 5.93. The highest BCUT2D eigenvalue weighted by atomic mass is 79.9. The summed E-state index contributed by atoms with van der Waals surface area (Å²) in [5.74, 6) is 0.929. The quantitative estimate of drug-likeness (QED) is 0.656. The molecule has 1 aromatic rings. The molecule has 6 heteroatoms. The van der Waals surface area contributed by atoms with Crippen molar-refractivity contribution in [3.8, 4) is 0 Å². The summed E-state index contributed by atoms with van der Waals surface area (Å²) in [6.07, 6.45) is 4.19. The summed E-state index contributed by atoms with van der Waals surface area (Å²) in [4.78, 5) is 6.46. The van der Waals surface area contributed by atoms with Crippen LogP contribution < -0.4 is 5.32 Å². The number of thioether (sulfide) groups is 1. The van der Waals surface area contributed by atoms with Gasteiger partial charge in [-0.05, 0) is 28.3 Å². The van der Waals surface area contributed by atoms with Gasteiger partial charge in [0.15, 0.2) is 5.96 Å². The van der Waals surface area contributed by atoms with E-state index in [-0.39, 0.29) is 0 Å². The predicted octanol–water partition coefficient (Wildman–Crippen LogP) is 2.55. The lowest BCUT2D eigenvalue weighted by Crippen LogP contribution is -2.41. The van der Waals surface area contributed by atoms with E-state index >= 15 is 0 Å². The van der Waals surface area contributed by atoms with Crippen LogP contribution in [-0.4, -0.2) is 47.6 Å². The first-order valence-corrected chi connectivity index (χ1v) is 8.31. The fraction of sp³-hybridized carbons (Fsp3) is 0.615. The lowest BCUT2D eigenvalue weighted by Gasteiger charge is -2.23. The molecule has 0 saturated heterocycles. The molecule has 1 N–H and O–H groups in total. The minimum Gasteiger partial charge on any atom is -0.355 e. The summed E-state index contributed by atoms with van der Waals surface area (Å²) >= 11 is 5.35. The molecule has 0 radical (unpaired) electrons. The van der Waals surface area contributed by atoms with Gasteiger partial charge < -0.3 is 14.8 Å². The van der Waals surface area contributed by atoms with E-state index in [1.165, 1.54) is 5.69 Å². The smallest absolute Gasteiger partial charge is 0.193 e. The molecular formula is C13H23BrN4S. The molecular weight excluding hydrogens is 324 g/mol. The minimum atomic E-state index is 0.578. The van der Waals surface area contributed by atoms with Gasteiger partial charge in [0.25, 0.3) is 0 Å². The maximum atomic E-state index is 4.33. The molecule has 0 fully saturated rings. The summed E-state index contributed by atoms with van der Waals surface area (Å²) in [5, 5.41) is 3.98. The van der Waals surface area contributed by atoms with Gasteiger partial charge in [-0.25, -0.2) is 0 Å². The van der Waals surface area contributed by atoms with Crippen molar-refractivity contribution in [2.75, 3.05) is 26.9 Å². The van der Waals surface area contributed by atoms with Crippen molar-refractivity contribution in [1.82, 2.24) is 14.8 Å². The second-order valence-corrected chi connectivity index (χ2v) is 6.78. The van der Waals surface area contributed by atoms with E-state index in [2.05, 4.69) is 75.2 Å². The molecule has 0 aromatic carbocycles. The number of nitrogens with one attached hydrogen (secondary N) is 1. The van der Waals surface area contributed by atoms with E-state index in [0.717, 1.165) is 23.5 Å². The first-order valence-electron chi connectivity index (χ1n) is 6.23. The Morgan fingerprint density at radius 3 is 2.79 bits per heavy atom. The number of aryl methyl sites for hydroxylation is 1. The van der Waals surface area contributed by atoms with Crippen LogP contribution in [0.2, 0.25) is 0 Å². The number of rotatable bonds is 5. The van der Waals surface area contributed by atoms with E-state index in [0.29, 0.717) is 5.25 Å². The number of aliphatic imine (C=N–C) groups is 1. The Morgan fingerprint density at radius 2 is 2.32 bits per heavy atom. The first-order chi connectivity index (χ1) is 8.97. The van der Waals surface area contributed by atoms with Gasteiger partial charge in [0, 0.05) is 49.3 Å². The third-order valence-corrected chi connectivity index (χ3v) is 4.40. The number of halogens is 1. The van der Waals surface area contributed by atoms with Gasteiger partial charge in [0.1, 0.15) is 0 Å². The topological polar surface area (TPSA) is 32.6 Å². The molecule has 1 unspecified atom stereocenters. The highest BCUT2D eigenvalue weighted by molar-refractivity contribution is 9.10. The van der Waals surface area contributed by atoms with Crippen LogP contribution in [0.25, 0.3) is 0 Å². The van der Waals surface area contributed by atoms with E-state index in [9.17, 15) is 0 Å². The van der Waals surface area contributed by atoms with Gasteiger partial charge >= 0.3 is 0 Å². The van der Waals surface area contributed by atoms with Crippen molar-refractivity contribution in [2.45, 2.75) is 18.7 Å². The molecule has 1 aromatic heterocycles. The van der Waals surface area contributed by atoms with Gasteiger partial charge in [-0.15, -0.1) is 0 Å². The van der Waals surface area contributed by atoms with Crippen molar-refractivity contribution < 1.29 is 0 Å². The highest BCUT2D eigenvalue weighted by Gasteiger charge is 2.10. The maximum Gasteiger partial charge on any atom is 0.193 e. The normalized spacial score (nSPS) is 13.5. The molecule has 0 aliphatic rings. The summed E-state index contributed by atoms with van der Waals surface area (Å²) in [6.45, 7) is 3.96. The van der Waals surface area contributed by atoms with Crippen molar-refractivity contribution in [1.29, 1.82) is 0 Å². The first kappa shape index (κ1) is 16.4. The Balaban J connectivity index is 2.59. The second-order valence-electron chi connectivity index (χ2n) is 4.59. The van der Waals surface area contributed by atoms with E-state index in [4.69, 9.17) is 0 Å². The minimum absolute atomic E-state index is 0.578. The Morgan fingerprint density at radius 1 is 1.63 bits per heavy atom. The van der Waals surface area contributed by atoms with Crippen LogP contribution in [0.1, 0.15) is 12.6 Å². The molecule has 0 bridgehead atoms. The standard InChI is InChI=1S/C13H23BrN4S/c1-10(19-5)7-16-13(15-2)18(4)9-12-6-11(14)8-17(12)3/h6,8,10H,7,9H2,1-5H3,(H,15,16). The lowest BCUT2D eigenvalue weighted by molar-refractivity contribution is 0.462. The molecule has 0 amide bonds. The molecule has 0 spiro atoms. The summed E-state index contributed by atoms with van der Waals surface area (Å²) < 4.78 is 3.23. The zero-order chi connectivity index (χ0) is 14.4. The largest absolute Gasteiger partial charge is 0.355 e. The fourth-order valence-corrected chi connectivity index (χ4v) is 2.57. The molecule has 1 atom stereocenters. The Hall–Kier alpha value is -0.620. The van der Waals surface area contributed by atoms with Crippen molar-refractivity contribution >= 4 is 33.7 Å². The number of hydrogen-bond donors (Lipinski definition) is 1. The molecule has 0 aliphatic heterocycles. The van der Waals surface area contributed by atoms with E-state index in [1.54, 1.807) is 0 Å². The van der Waals surface area contributed by atoms with E-state index in [1.807, 2.05) is 18.8 Å². The number of guanidine groups is 1. The molecule has 0 aliphatic carbocycles. The Kier molecular flexibility index (Phi) is 6.79. The lowest BCUT2D eigenvalue weighted by atomic mass is 10.4. The fourth-order valence-electron chi connectivity index (χ4n) is 1.74. The highest BCUT2D eigenvalue weighted by Crippen LogP contribution is 2.15. The van der Waals surface area contributed by atoms with Crippen LogP contribution in [0.5, 0.6) is 0 Å². The van der Waals surface area contributed by atoms with Crippen LogP contribution in [0, 0.1) is 0 Å². The summed E-state index contributed by atoms with van der Waals surface area (Å²) in [5.41, 5.74) is 1.25. The molecule has 0 saturated carbocycles. The van der Waals surface area contributed by atoms with Gasteiger partial charge in [-0.2, -0.15) is 11.8 Å². The monoisotopic (exact) mass is 346 g/mol. The maximum absolute atomic E-state index is 4.33. The zero-order valence-corrected chi connectivity index (χ0v) is 14.7. The van der Waals surface area contributed by atoms with Crippen LogP contribution in [0.3, 0.4) is 0 Å². The van der Waals surface area contributed by atoms with Crippen molar-refractivity contribution in [3.63, 3.8) is 0 Å².